The lowest BCUT2D eigenvalue weighted by molar-refractivity contribution is 0.414. The minimum Gasteiger partial charge on any atom is -0.497 e. The minimum atomic E-state index is -0.0310. The molecule has 2 aromatic rings. The smallest absolute Gasteiger partial charge is 0.174 e. The van der Waals surface area contributed by atoms with Crippen molar-refractivity contribution in [2.24, 2.45) is 0 Å². The monoisotopic (exact) mass is 329 g/mol. The molecule has 0 saturated carbocycles. The van der Waals surface area contributed by atoms with E-state index in [1.165, 1.54) is 0 Å². The summed E-state index contributed by atoms with van der Waals surface area (Å²) < 4.78 is 11.1. The quantitative estimate of drug-likeness (QED) is 0.919. The molecule has 0 aliphatic carbocycles. The van der Waals surface area contributed by atoms with Crippen LogP contribution in [0.5, 0.6) is 5.75 Å². The first-order valence-corrected chi connectivity index (χ1v) is 6.58. The van der Waals surface area contributed by atoms with Gasteiger partial charge >= 0.3 is 0 Å². The van der Waals surface area contributed by atoms with E-state index >= 15 is 0 Å². The predicted molar refractivity (Wildman–Crippen MR) is 75.3 cm³/mol. The molecule has 1 N–H and O–H groups in total. The van der Waals surface area contributed by atoms with Crippen molar-refractivity contribution < 1.29 is 9.15 Å². The van der Waals surface area contributed by atoms with E-state index in [0.29, 0.717) is 9.69 Å². The number of nitrogens with one attached hydrogen (secondary N) is 1. The van der Waals surface area contributed by atoms with E-state index in [0.717, 1.165) is 16.9 Å². The van der Waals surface area contributed by atoms with E-state index < -0.39 is 0 Å². The first-order chi connectivity index (χ1) is 8.67. The fourth-order valence-electron chi connectivity index (χ4n) is 1.86. The number of benzene rings is 1. The van der Waals surface area contributed by atoms with Crippen molar-refractivity contribution >= 4 is 27.5 Å². The molecule has 1 unspecified atom stereocenters. The summed E-state index contributed by atoms with van der Waals surface area (Å²) in [6, 6.07) is 7.51. The van der Waals surface area contributed by atoms with Gasteiger partial charge in [0, 0.05) is 10.6 Å². The standard InChI is InChI=1S/C13H13BrClNO2/c1-16-12(10-5-6-18-13(10)14)9-4-3-8(17-2)7-11(9)15/h3-7,12,16H,1-2H3. The van der Waals surface area contributed by atoms with Gasteiger partial charge in [0.05, 0.1) is 19.4 Å². The Hall–Kier alpha value is -0.970. The molecule has 2 rings (SSSR count). The second-order valence-corrected chi connectivity index (χ2v) is 4.89. The molecule has 0 bridgehead atoms. The van der Waals surface area contributed by atoms with Gasteiger partial charge in [-0.25, -0.2) is 0 Å². The van der Waals surface area contributed by atoms with Crippen LogP contribution in [0.1, 0.15) is 17.2 Å². The maximum Gasteiger partial charge on any atom is 0.174 e. The Morgan fingerprint density at radius 1 is 1.33 bits per heavy atom. The number of rotatable bonds is 4. The summed E-state index contributed by atoms with van der Waals surface area (Å²) in [5.41, 5.74) is 1.98. The minimum absolute atomic E-state index is 0.0310. The fraction of sp³-hybridized carbons (Fsp3) is 0.231. The van der Waals surface area contributed by atoms with Crippen LogP contribution >= 0.6 is 27.5 Å². The highest BCUT2D eigenvalue weighted by atomic mass is 79.9. The number of hydrogen-bond acceptors (Lipinski definition) is 3. The van der Waals surface area contributed by atoms with Crippen molar-refractivity contribution in [3.63, 3.8) is 0 Å². The van der Waals surface area contributed by atoms with Gasteiger partial charge < -0.3 is 14.5 Å². The van der Waals surface area contributed by atoms with E-state index in [1.54, 1.807) is 19.4 Å². The zero-order valence-corrected chi connectivity index (χ0v) is 12.4. The van der Waals surface area contributed by atoms with Gasteiger partial charge in [0.2, 0.25) is 0 Å². The topological polar surface area (TPSA) is 34.4 Å². The van der Waals surface area contributed by atoms with Crippen LogP contribution in [0, 0.1) is 0 Å². The Balaban J connectivity index is 2.42. The van der Waals surface area contributed by atoms with Gasteiger partial charge in [0.1, 0.15) is 5.75 Å². The second-order valence-electron chi connectivity index (χ2n) is 3.76. The number of methoxy groups -OCH3 is 1. The average molecular weight is 331 g/mol. The van der Waals surface area contributed by atoms with Crippen molar-refractivity contribution in [3.8, 4) is 5.75 Å². The van der Waals surface area contributed by atoms with Crippen molar-refractivity contribution in [1.29, 1.82) is 0 Å². The Bertz CT molecular complexity index is 542. The molecule has 96 valence electrons. The summed E-state index contributed by atoms with van der Waals surface area (Å²) >= 11 is 9.67. The first kappa shape index (κ1) is 13.5. The maximum atomic E-state index is 6.28. The summed E-state index contributed by atoms with van der Waals surface area (Å²) in [5, 5.41) is 3.88. The first-order valence-electron chi connectivity index (χ1n) is 5.41. The molecule has 5 heteroatoms. The lowest BCUT2D eigenvalue weighted by Gasteiger charge is -2.17. The second kappa shape index (κ2) is 5.78. The molecule has 0 aliphatic rings. The molecule has 18 heavy (non-hydrogen) atoms. The van der Waals surface area contributed by atoms with Crippen LogP contribution in [-0.2, 0) is 0 Å². The van der Waals surface area contributed by atoms with Crippen molar-refractivity contribution in [3.05, 3.63) is 51.3 Å². The van der Waals surface area contributed by atoms with Gasteiger partial charge in [-0.15, -0.1) is 0 Å². The summed E-state index contributed by atoms with van der Waals surface area (Å²) in [6.07, 6.45) is 1.64. The summed E-state index contributed by atoms with van der Waals surface area (Å²) in [5.74, 6) is 0.741. The number of ether oxygens (including phenoxy) is 1. The van der Waals surface area contributed by atoms with E-state index in [2.05, 4.69) is 21.2 Å². The molecule has 0 aliphatic heterocycles. The number of halogens is 2. The van der Waals surface area contributed by atoms with Crippen LogP contribution < -0.4 is 10.1 Å². The Morgan fingerprint density at radius 3 is 2.61 bits per heavy atom. The number of furan rings is 1. The van der Waals surface area contributed by atoms with E-state index in [-0.39, 0.29) is 6.04 Å². The largest absolute Gasteiger partial charge is 0.497 e. The molecule has 1 aromatic heterocycles. The normalized spacial score (nSPS) is 12.4. The summed E-state index contributed by atoms with van der Waals surface area (Å²) in [6.45, 7) is 0. The van der Waals surface area contributed by atoms with Gasteiger partial charge in [0.15, 0.2) is 4.67 Å². The molecule has 1 heterocycles. The van der Waals surface area contributed by atoms with Gasteiger partial charge in [-0.2, -0.15) is 0 Å². The molecule has 3 nitrogen and oxygen atoms in total. The molecule has 0 radical (unpaired) electrons. The van der Waals surface area contributed by atoms with Gasteiger partial charge in [0.25, 0.3) is 0 Å². The maximum absolute atomic E-state index is 6.28. The fourth-order valence-corrected chi connectivity index (χ4v) is 2.61. The average Bonchev–Trinajstić information content (AvgIpc) is 2.78. The van der Waals surface area contributed by atoms with Crippen molar-refractivity contribution in [1.82, 2.24) is 5.32 Å². The molecule has 1 aromatic carbocycles. The van der Waals surface area contributed by atoms with E-state index in [9.17, 15) is 0 Å². The van der Waals surface area contributed by atoms with Gasteiger partial charge in [-0.1, -0.05) is 17.7 Å². The molecule has 1 atom stereocenters. The van der Waals surface area contributed by atoms with Crippen LogP contribution in [0.15, 0.2) is 39.6 Å². The summed E-state index contributed by atoms with van der Waals surface area (Å²) in [4.78, 5) is 0. The Morgan fingerprint density at radius 2 is 2.11 bits per heavy atom. The third kappa shape index (κ3) is 2.55. The summed E-state index contributed by atoms with van der Waals surface area (Å²) in [7, 11) is 3.50. The molecule has 0 spiro atoms. The van der Waals surface area contributed by atoms with Gasteiger partial charge in [-0.05, 0) is 46.7 Å². The van der Waals surface area contributed by atoms with Crippen LogP contribution in [0.3, 0.4) is 0 Å². The SMILES string of the molecule is CNC(c1ccc(OC)cc1Cl)c1ccoc1Br. The van der Waals surface area contributed by atoms with E-state index in [4.69, 9.17) is 20.8 Å². The van der Waals surface area contributed by atoms with Crippen LogP contribution in [0.2, 0.25) is 5.02 Å². The molecule has 0 amide bonds. The zero-order valence-electron chi connectivity index (χ0n) is 10.0. The third-order valence-corrected chi connectivity index (χ3v) is 3.74. The molecular weight excluding hydrogens is 318 g/mol. The van der Waals surface area contributed by atoms with Crippen LogP contribution in [0.25, 0.3) is 0 Å². The molecule has 0 saturated heterocycles. The molecular formula is C13H13BrClNO2. The van der Waals surface area contributed by atoms with Crippen molar-refractivity contribution in [2.75, 3.05) is 14.2 Å². The predicted octanol–water partition coefficient (Wildman–Crippen LogP) is 4.01. The third-order valence-electron chi connectivity index (χ3n) is 2.76. The number of hydrogen-bond donors (Lipinski definition) is 1. The highest BCUT2D eigenvalue weighted by Crippen LogP contribution is 2.34. The lowest BCUT2D eigenvalue weighted by atomic mass is 10.0. The zero-order chi connectivity index (χ0) is 13.1. The van der Waals surface area contributed by atoms with E-state index in [1.807, 2.05) is 25.2 Å². The highest BCUT2D eigenvalue weighted by Gasteiger charge is 2.19. The van der Waals surface area contributed by atoms with Crippen molar-refractivity contribution in [2.45, 2.75) is 6.04 Å². The van der Waals surface area contributed by atoms with Crippen LogP contribution in [0.4, 0.5) is 0 Å². The lowest BCUT2D eigenvalue weighted by Crippen LogP contribution is -2.17. The highest BCUT2D eigenvalue weighted by molar-refractivity contribution is 9.10. The Labute approximate surface area is 119 Å². The Kier molecular flexibility index (Phi) is 4.32. The molecule has 0 fully saturated rings. The van der Waals surface area contributed by atoms with Gasteiger partial charge in [-0.3, -0.25) is 0 Å². The van der Waals surface area contributed by atoms with Crippen LogP contribution in [-0.4, -0.2) is 14.2 Å².